The minimum atomic E-state index is -0.157. The van der Waals surface area contributed by atoms with Gasteiger partial charge in [-0.1, -0.05) is 4.49 Å². The fraction of sp³-hybridized carbons (Fsp3) is 0.500. The van der Waals surface area contributed by atoms with Crippen molar-refractivity contribution in [3.63, 3.8) is 0 Å². The monoisotopic (exact) mass is 210 g/mol. The van der Waals surface area contributed by atoms with Gasteiger partial charge in [0.1, 0.15) is 4.88 Å². The van der Waals surface area contributed by atoms with Crippen molar-refractivity contribution in [1.82, 2.24) is 14.9 Å². The first kappa shape index (κ1) is 10.6. The number of nitriles is 1. The van der Waals surface area contributed by atoms with Gasteiger partial charge in [0.15, 0.2) is 0 Å². The summed E-state index contributed by atoms with van der Waals surface area (Å²) in [6, 6.07) is 2.01. The number of nitrogens with zero attached hydrogens (tertiary/aromatic N) is 3. The van der Waals surface area contributed by atoms with Crippen LogP contribution in [0.2, 0.25) is 0 Å². The minimum absolute atomic E-state index is 0.157. The molecular formula is C8H10N4OS. The molecule has 0 unspecified atom stereocenters. The van der Waals surface area contributed by atoms with Crippen LogP contribution in [0.4, 0.5) is 0 Å². The number of hydrogen-bond donors (Lipinski definition) is 1. The van der Waals surface area contributed by atoms with E-state index in [-0.39, 0.29) is 5.91 Å². The van der Waals surface area contributed by atoms with Gasteiger partial charge in [0.05, 0.1) is 11.8 Å². The van der Waals surface area contributed by atoms with Crippen molar-refractivity contribution in [3.8, 4) is 6.07 Å². The highest BCUT2D eigenvalue weighted by Gasteiger charge is 2.11. The van der Waals surface area contributed by atoms with Gasteiger partial charge in [-0.25, -0.2) is 0 Å². The molecule has 0 saturated heterocycles. The van der Waals surface area contributed by atoms with E-state index in [9.17, 15) is 4.79 Å². The Morgan fingerprint density at radius 3 is 3.07 bits per heavy atom. The van der Waals surface area contributed by atoms with E-state index in [2.05, 4.69) is 14.9 Å². The molecule has 74 valence electrons. The number of amides is 1. The van der Waals surface area contributed by atoms with Gasteiger partial charge in [-0.3, -0.25) is 4.79 Å². The maximum atomic E-state index is 11.4. The Bertz CT molecular complexity index is 354. The Labute approximate surface area is 85.9 Å². The molecule has 1 N–H and O–H groups in total. The molecule has 0 fully saturated rings. The molecule has 0 bridgehead atoms. The van der Waals surface area contributed by atoms with Gasteiger partial charge >= 0.3 is 0 Å². The van der Waals surface area contributed by atoms with Gasteiger partial charge in [-0.2, -0.15) is 5.26 Å². The molecule has 0 atom stereocenters. The summed E-state index contributed by atoms with van der Waals surface area (Å²) in [6.45, 7) is 2.26. The Kier molecular flexibility index (Phi) is 4.01. The van der Waals surface area contributed by atoms with Crippen LogP contribution in [0.15, 0.2) is 0 Å². The Hall–Kier alpha value is -1.48. The Morgan fingerprint density at radius 1 is 1.71 bits per heavy atom. The second kappa shape index (κ2) is 5.29. The van der Waals surface area contributed by atoms with E-state index in [1.807, 2.05) is 6.07 Å². The van der Waals surface area contributed by atoms with Crippen LogP contribution in [-0.2, 0) is 0 Å². The van der Waals surface area contributed by atoms with Crippen molar-refractivity contribution < 1.29 is 4.79 Å². The van der Waals surface area contributed by atoms with Gasteiger partial charge in [0.2, 0.25) is 0 Å². The highest BCUT2D eigenvalue weighted by atomic mass is 32.1. The van der Waals surface area contributed by atoms with Crippen LogP contribution in [0.25, 0.3) is 0 Å². The molecule has 0 aromatic carbocycles. The average molecular weight is 210 g/mol. The Morgan fingerprint density at radius 2 is 2.50 bits per heavy atom. The van der Waals surface area contributed by atoms with Crippen molar-refractivity contribution in [1.29, 1.82) is 5.26 Å². The van der Waals surface area contributed by atoms with Gasteiger partial charge in [0, 0.05) is 13.0 Å². The predicted octanol–water partition coefficient (Wildman–Crippen LogP) is 0.880. The summed E-state index contributed by atoms with van der Waals surface area (Å²) in [4.78, 5) is 12.0. The van der Waals surface area contributed by atoms with Crippen molar-refractivity contribution in [2.24, 2.45) is 0 Å². The summed E-state index contributed by atoms with van der Waals surface area (Å²) in [6.07, 6.45) is 1.13. The van der Waals surface area contributed by atoms with Gasteiger partial charge in [-0.15, -0.1) is 5.10 Å². The van der Waals surface area contributed by atoms with Crippen LogP contribution >= 0.6 is 11.5 Å². The smallest absolute Gasteiger partial charge is 0.264 e. The summed E-state index contributed by atoms with van der Waals surface area (Å²) in [7, 11) is 0. The fourth-order valence-electron chi connectivity index (χ4n) is 0.889. The summed E-state index contributed by atoms with van der Waals surface area (Å²) in [5, 5.41) is 14.7. The molecule has 0 aliphatic rings. The zero-order chi connectivity index (χ0) is 10.4. The molecule has 5 nitrogen and oxygen atoms in total. The van der Waals surface area contributed by atoms with Crippen molar-refractivity contribution in [2.45, 2.75) is 19.8 Å². The van der Waals surface area contributed by atoms with Crippen LogP contribution in [0.1, 0.15) is 28.2 Å². The normalized spacial score (nSPS) is 9.43. The lowest BCUT2D eigenvalue weighted by molar-refractivity contribution is 0.0956. The van der Waals surface area contributed by atoms with E-state index in [0.29, 0.717) is 30.0 Å². The van der Waals surface area contributed by atoms with Gasteiger partial charge in [-0.05, 0) is 24.9 Å². The van der Waals surface area contributed by atoms with Crippen LogP contribution in [0, 0.1) is 18.3 Å². The second-order valence-electron chi connectivity index (χ2n) is 2.71. The van der Waals surface area contributed by atoms with Crippen molar-refractivity contribution in [3.05, 3.63) is 10.6 Å². The van der Waals surface area contributed by atoms with Crippen LogP contribution in [0.3, 0.4) is 0 Å². The molecule has 1 amide bonds. The molecule has 14 heavy (non-hydrogen) atoms. The number of rotatable bonds is 4. The van der Waals surface area contributed by atoms with E-state index in [0.717, 1.165) is 11.5 Å². The first-order valence-electron chi connectivity index (χ1n) is 4.20. The molecule has 0 saturated carbocycles. The number of carbonyl (C=O) groups excluding carboxylic acids is 1. The molecule has 0 spiro atoms. The molecule has 0 aliphatic heterocycles. The average Bonchev–Trinajstić information content (AvgIpc) is 2.59. The maximum absolute atomic E-state index is 11.4. The van der Waals surface area contributed by atoms with E-state index in [1.54, 1.807) is 6.92 Å². The maximum Gasteiger partial charge on any atom is 0.264 e. The topological polar surface area (TPSA) is 78.7 Å². The van der Waals surface area contributed by atoms with Crippen LogP contribution in [0.5, 0.6) is 0 Å². The molecule has 1 aromatic heterocycles. The van der Waals surface area contributed by atoms with E-state index >= 15 is 0 Å². The molecule has 1 aromatic rings. The lowest BCUT2D eigenvalue weighted by atomic mass is 10.3. The summed E-state index contributed by atoms with van der Waals surface area (Å²) in [5.74, 6) is -0.157. The first-order chi connectivity index (χ1) is 6.75. The number of nitrogens with one attached hydrogen (secondary N) is 1. The van der Waals surface area contributed by atoms with Crippen LogP contribution in [-0.4, -0.2) is 22.0 Å². The lowest BCUT2D eigenvalue weighted by Gasteiger charge is -2.00. The van der Waals surface area contributed by atoms with E-state index in [1.165, 1.54) is 0 Å². The SMILES string of the molecule is Cc1nnsc1C(=O)NCCCC#N. The van der Waals surface area contributed by atoms with E-state index in [4.69, 9.17) is 5.26 Å². The number of aromatic nitrogens is 2. The summed E-state index contributed by atoms with van der Waals surface area (Å²) >= 11 is 1.08. The molecule has 6 heteroatoms. The third-order valence-corrected chi connectivity index (χ3v) is 2.44. The second-order valence-corrected chi connectivity index (χ2v) is 3.46. The minimum Gasteiger partial charge on any atom is -0.351 e. The molecule has 0 aliphatic carbocycles. The molecular weight excluding hydrogens is 200 g/mol. The number of carbonyl (C=O) groups is 1. The van der Waals surface area contributed by atoms with Crippen molar-refractivity contribution >= 4 is 17.4 Å². The fourth-order valence-corrected chi connectivity index (χ4v) is 1.46. The zero-order valence-corrected chi connectivity index (χ0v) is 8.60. The molecule has 0 radical (unpaired) electrons. The largest absolute Gasteiger partial charge is 0.351 e. The molecule has 1 heterocycles. The third kappa shape index (κ3) is 2.78. The third-order valence-electron chi connectivity index (χ3n) is 1.61. The number of hydrogen-bond acceptors (Lipinski definition) is 5. The predicted molar refractivity (Wildman–Crippen MR) is 51.8 cm³/mol. The van der Waals surface area contributed by atoms with Crippen LogP contribution < -0.4 is 5.32 Å². The standard InChI is InChI=1S/C8H10N4OS/c1-6-7(14-12-11-6)8(13)10-5-3-2-4-9/h2-3,5H2,1H3,(H,10,13). The highest BCUT2D eigenvalue weighted by molar-refractivity contribution is 7.07. The number of unbranched alkanes of at least 4 members (excludes halogenated alkanes) is 1. The Balaban J connectivity index is 2.37. The number of aryl methyl sites for hydroxylation is 1. The zero-order valence-electron chi connectivity index (χ0n) is 7.78. The molecule has 1 rings (SSSR count). The lowest BCUT2D eigenvalue weighted by Crippen LogP contribution is -2.24. The van der Waals surface area contributed by atoms with E-state index < -0.39 is 0 Å². The quantitative estimate of drug-likeness (QED) is 0.748. The highest BCUT2D eigenvalue weighted by Crippen LogP contribution is 2.08. The van der Waals surface area contributed by atoms with Gasteiger partial charge < -0.3 is 5.32 Å². The first-order valence-corrected chi connectivity index (χ1v) is 4.97. The summed E-state index contributed by atoms with van der Waals surface area (Å²) < 4.78 is 3.67. The van der Waals surface area contributed by atoms with Gasteiger partial charge in [0.25, 0.3) is 5.91 Å². The summed E-state index contributed by atoms with van der Waals surface area (Å²) in [5.41, 5.74) is 0.646. The van der Waals surface area contributed by atoms with Crippen molar-refractivity contribution in [2.75, 3.05) is 6.54 Å².